The Hall–Kier alpha value is -1.80. The summed E-state index contributed by atoms with van der Waals surface area (Å²) in [5.74, 6) is -1.29. The van der Waals surface area contributed by atoms with Crippen LogP contribution in [0.5, 0.6) is 11.5 Å². The summed E-state index contributed by atoms with van der Waals surface area (Å²) < 4.78 is 34.9. The Morgan fingerprint density at radius 2 is 2.05 bits per heavy atom. The lowest BCUT2D eigenvalue weighted by Gasteiger charge is -2.09. The summed E-state index contributed by atoms with van der Waals surface area (Å²) >= 11 is 0. The molecular weight excluding hydrogens is 312 g/mol. The number of carboxylic acid groups (broad SMARTS) is 1. The maximum Gasteiger partial charge on any atom is 0.314 e. The molecule has 22 heavy (non-hydrogen) atoms. The largest absolute Gasteiger partial charge is 0.481 e. The highest BCUT2D eigenvalue weighted by Gasteiger charge is 2.75. The predicted octanol–water partition coefficient (Wildman–Crippen LogP) is 0.379. The third kappa shape index (κ3) is 1.90. The maximum absolute atomic E-state index is 12.2. The first-order valence-corrected chi connectivity index (χ1v) is 8.55. The van der Waals surface area contributed by atoms with Crippen molar-refractivity contribution >= 4 is 15.8 Å². The fourth-order valence-electron chi connectivity index (χ4n) is 3.20. The number of hydrogen-bond donors (Lipinski definition) is 2. The smallest absolute Gasteiger partial charge is 0.314 e. The molecule has 0 spiro atoms. The molecule has 8 heteroatoms. The van der Waals surface area contributed by atoms with E-state index in [1.165, 1.54) is 6.92 Å². The molecule has 2 aliphatic rings. The van der Waals surface area contributed by atoms with Gasteiger partial charge in [0.25, 0.3) is 0 Å². The molecule has 1 aromatic rings. The third-order valence-corrected chi connectivity index (χ3v) is 6.73. The number of hydrogen-bond acceptors (Lipinski definition) is 6. The molecule has 1 aliphatic carbocycles. The van der Waals surface area contributed by atoms with Crippen molar-refractivity contribution in [3.05, 3.63) is 23.8 Å². The van der Waals surface area contributed by atoms with Gasteiger partial charge in [-0.2, -0.15) is 0 Å². The molecule has 0 saturated heterocycles. The lowest BCUT2D eigenvalue weighted by atomic mass is 10.00. The van der Waals surface area contributed by atoms with Crippen LogP contribution in [0.3, 0.4) is 0 Å². The first-order valence-electron chi connectivity index (χ1n) is 6.84. The minimum Gasteiger partial charge on any atom is -0.481 e. The summed E-state index contributed by atoms with van der Waals surface area (Å²) in [6.45, 7) is 0.809. The Balaban J connectivity index is 2.06. The van der Waals surface area contributed by atoms with Gasteiger partial charge in [-0.3, -0.25) is 4.79 Å². The molecule has 7 nitrogen and oxygen atoms in total. The van der Waals surface area contributed by atoms with Crippen molar-refractivity contribution in [2.75, 3.05) is 19.2 Å². The fourth-order valence-corrected chi connectivity index (χ4v) is 5.26. The zero-order chi connectivity index (χ0) is 16.1. The number of carboxylic acids is 1. The van der Waals surface area contributed by atoms with Crippen LogP contribution < -0.4 is 9.47 Å². The standard InChI is InChI=1S/C14H16O7S/c1-2-22(18,19)12-11(14(12,6-15)13(16)17)8-3-4-9-10(5-8)21-7-20-9/h3-5,11-12,15H,2,6-7H2,1H3,(H,16,17)/t11-,12-,14+/m1/s1. The summed E-state index contributed by atoms with van der Waals surface area (Å²) in [6.07, 6.45) is 0. The molecule has 0 radical (unpaired) electrons. The summed E-state index contributed by atoms with van der Waals surface area (Å²) in [5, 5.41) is 17.9. The molecule has 0 aromatic heterocycles. The first kappa shape index (κ1) is 15.1. The van der Waals surface area contributed by atoms with Crippen molar-refractivity contribution in [3.63, 3.8) is 0 Å². The van der Waals surface area contributed by atoms with E-state index in [9.17, 15) is 23.4 Å². The van der Waals surface area contributed by atoms with Gasteiger partial charge in [0.1, 0.15) is 5.41 Å². The van der Waals surface area contributed by atoms with E-state index in [0.29, 0.717) is 17.1 Å². The normalized spacial score (nSPS) is 29.4. The molecule has 0 amide bonds. The highest BCUT2D eigenvalue weighted by molar-refractivity contribution is 7.92. The van der Waals surface area contributed by atoms with Crippen LogP contribution in [0.15, 0.2) is 18.2 Å². The van der Waals surface area contributed by atoms with Gasteiger partial charge in [-0.15, -0.1) is 0 Å². The Kier molecular flexibility index (Phi) is 3.33. The number of aliphatic carboxylic acids is 1. The minimum atomic E-state index is -3.61. The summed E-state index contributed by atoms with van der Waals surface area (Å²) in [5.41, 5.74) is -1.18. The van der Waals surface area contributed by atoms with E-state index in [1.807, 2.05) is 0 Å². The molecule has 1 aromatic carbocycles. The monoisotopic (exact) mass is 328 g/mol. The topological polar surface area (TPSA) is 110 Å². The van der Waals surface area contributed by atoms with Gasteiger partial charge in [0.2, 0.25) is 6.79 Å². The van der Waals surface area contributed by atoms with Crippen LogP contribution in [0, 0.1) is 5.41 Å². The molecule has 1 fully saturated rings. The molecule has 1 heterocycles. The number of aliphatic hydroxyl groups is 1. The Morgan fingerprint density at radius 3 is 2.64 bits per heavy atom. The van der Waals surface area contributed by atoms with Crippen molar-refractivity contribution in [3.8, 4) is 11.5 Å². The van der Waals surface area contributed by atoms with E-state index in [4.69, 9.17) is 9.47 Å². The maximum atomic E-state index is 12.2. The Labute approximate surface area is 127 Å². The second-order valence-electron chi connectivity index (χ2n) is 5.47. The van der Waals surface area contributed by atoms with Crippen molar-refractivity contribution in [1.82, 2.24) is 0 Å². The molecule has 2 N–H and O–H groups in total. The van der Waals surface area contributed by atoms with E-state index in [2.05, 4.69) is 0 Å². The molecule has 1 saturated carbocycles. The number of benzene rings is 1. The predicted molar refractivity (Wildman–Crippen MR) is 75.7 cm³/mol. The van der Waals surface area contributed by atoms with Crippen LogP contribution in [0.25, 0.3) is 0 Å². The van der Waals surface area contributed by atoms with Gasteiger partial charge in [0, 0.05) is 11.7 Å². The van der Waals surface area contributed by atoms with Gasteiger partial charge in [0.05, 0.1) is 11.9 Å². The van der Waals surface area contributed by atoms with E-state index in [1.54, 1.807) is 18.2 Å². The van der Waals surface area contributed by atoms with Crippen LogP contribution >= 0.6 is 0 Å². The van der Waals surface area contributed by atoms with E-state index < -0.39 is 39.0 Å². The second-order valence-corrected chi connectivity index (χ2v) is 7.88. The van der Waals surface area contributed by atoms with Crippen LogP contribution in [0.1, 0.15) is 18.4 Å². The zero-order valence-corrected chi connectivity index (χ0v) is 12.7. The van der Waals surface area contributed by atoms with E-state index in [-0.39, 0.29) is 12.5 Å². The summed E-state index contributed by atoms with van der Waals surface area (Å²) in [4.78, 5) is 11.6. The van der Waals surface area contributed by atoms with Crippen LogP contribution in [0.2, 0.25) is 0 Å². The summed E-state index contributed by atoms with van der Waals surface area (Å²) in [7, 11) is -3.61. The van der Waals surface area contributed by atoms with Crippen LogP contribution in [-0.4, -0.2) is 49.0 Å². The number of fused-ring (bicyclic) bond motifs is 1. The van der Waals surface area contributed by atoms with Gasteiger partial charge in [-0.05, 0) is 17.7 Å². The van der Waals surface area contributed by atoms with Crippen molar-refractivity contribution in [2.24, 2.45) is 5.41 Å². The van der Waals surface area contributed by atoms with E-state index >= 15 is 0 Å². The third-order valence-electron chi connectivity index (χ3n) is 4.46. The molecule has 0 bridgehead atoms. The van der Waals surface area contributed by atoms with Crippen LogP contribution in [0.4, 0.5) is 0 Å². The molecular formula is C14H16O7S. The molecule has 120 valence electrons. The zero-order valence-electron chi connectivity index (χ0n) is 11.9. The van der Waals surface area contributed by atoms with Gasteiger partial charge in [0.15, 0.2) is 21.3 Å². The van der Waals surface area contributed by atoms with Crippen molar-refractivity contribution < 1.29 is 32.9 Å². The highest BCUT2D eigenvalue weighted by Crippen LogP contribution is 2.63. The second kappa shape index (κ2) is 4.85. The van der Waals surface area contributed by atoms with Gasteiger partial charge in [-0.1, -0.05) is 13.0 Å². The molecule has 0 unspecified atom stereocenters. The average molecular weight is 328 g/mol. The molecule has 3 rings (SSSR count). The lowest BCUT2D eigenvalue weighted by molar-refractivity contribution is -0.145. The first-order chi connectivity index (χ1) is 10.4. The number of sulfone groups is 1. The van der Waals surface area contributed by atoms with Gasteiger partial charge >= 0.3 is 5.97 Å². The highest BCUT2D eigenvalue weighted by atomic mass is 32.2. The number of carbonyl (C=O) groups is 1. The number of aliphatic hydroxyl groups excluding tert-OH is 1. The lowest BCUT2D eigenvalue weighted by Crippen LogP contribution is -2.28. The average Bonchev–Trinajstić information content (AvgIpc) is 3.00. The van der Waals surface area contributed by atoms with Crippen LogP contribution in [-0.2, 0) is 14.6 Å². The van der Waals surface area contributed by atoms with E-state index in [0.717, 1.165) is 0 Å². The van der Waals surface area contributed by atoms with Crippen molar-refractivity contribution in [1.29, 1.82) is 0 Å². The molecule has 3 atom stereocenters. The summed E-state index contributed by atoms with van der Waals surface area (Å²) in [6, 6.07) is 4.83. The number of rotatable bonds is 5. The minimum absolute atomic E-state index is 0.0736. The number of ether oxygens (including phenoxy) is 2. The van der Waals surface area contributed by atoms with Crippen molar-refractivity contribution in [2.45, 2.75) is 18.1 Å². The quantitative estimate of drug-likeness (QED) is 0.804. The fraction of sp³-hybridized carbons (Fsp3) is 0.500. The van der Waals surface area contributed by atoms with Gasteiger partial charge < -0.3 is 19.7 Å². The molecule has 1 aliphatic heterocycles. The van der Waals surface area contributed by atoms with Gasteiger partial charge in [-0.25, -0.2) is 8.42 Å². The Bertz CT molecular complexity index is 727. The SMILES string of the molecule is CCS(=O)(=O)[C@@H]1[C@@H](c2ccc3c(c2)OCO3)[C@]1(CO)C(=O)O. The Morgan fingerprint density at radius 1 is 1.36 bits per heavy atom.